The van der Waals surface area contributed by atoms with Gasteiger partial charge in [0, 0.05) is 0 Å². The second-order valence-electron chi connectivity index (χ2n) is 6.74. The predicted molar refractivity (Wildman–Crippen MR) is 116 cm³/mol. The second kappa shape index (κ2) is 10.1. The fourth-order valence-corrected chi connectivity index (χ4v) is 5.26. The molecule has 0 bridgehead atoms. The zero-order valence-electron chi connectivity index (χ0n) is 16.1. The van der Waals surface area contributed by atoms with Crippen LogP contribution in [0.25, 0.3) is 0 Å². The summed E-state index contributed by atoms with van der Waals surface area (Å²) < 4.78 is 6.84. The Morgan fingerprint density at radius 2 is 1.36 bits per heavy atom. The number of benzene rings is 3. The Hall–Kier alpha value is -2.55. The first kappa shape index (κ1) is 20.2. The molecule has 0 aliphatic heterocycles. The van der Waals surface area contributed by atoms with Gasteiger partial charge in [-0.05, 0) is 0 Å². The average Bonchev–Trinajstić information content (AvgIpc) is 2.72. The fourth-order valence-electron chi connectivity index (χ4n) is 2.91. The van der Waals surface area contributed by atoms with Crippen LogP contribution in [-0.2, 0) is 9.53 Å². The van der Waals surface area contributed by atoms with Crippen LogP contribution in [0.3, 0.4) is 0 Å². The van der Waals surface area contributed by atoms with Crippen LogP contribution in [-0.4, -0.2) is 27.0 Å². The van der Waals surface area contributed by atoms with Crippen molar-refractivity contribution < 1.29 is 9.53 Å². The van der Waals surface area contributed by atoms with Gasteiger partial charge in [-0.3, -0.25) is 0 Å². The second-order valence-corrected chi connectivity index (χ2v) is 9.28. The van der Waals surface area contributed by atoms with Crippen molar-refractivity contribution in [3.8, 4) is 0 Å². The van der Waals surface area contributed by atoms with E-state index >= 15 is 0 Å². The molecule has 0 radical (unpaired) electrons. The molecule has 0 saturated carbocycles. The molecule has 0 aromatic heterocycles. The molecule has 28 heavy (non-hydrogen) atoms. The van der Waals surface area contributed by atoms with Crippen molar-refractivity contribution in [1.29, 1.82) is 0 Å². The Morgan fingerprint density at radius 3 is 1.93 bits per heavy atom. The third kappa shape index (κ3) is 5.72. The molecule has 3 nitrogen and oxygen atoms in total. The molecule has 0 spiro atoms. The van der Waals surface area contributed by atoms with Crippen molar-refractivity contribution in [2.45, 2.75) is 30.8 Å². The van der Waals surface area contributed by atoms with Gasteiger partial charge in [0.05, 0.1) is 0 Å². The number of carbonyl (C=O) groups excluding carboxylic acids is 1. The summed E-state index contributed by atoms with van der Waals surface area (Å²) in [6.45, 7) is 3.79. The molecule has 1 N–H and O–H groups in total. The first-order valence-corrected chi connectivity index (χ1v) is 11.3. The van der Waals surface area contributed by atoms with Gasteiger partial charge >= 0.3 is 173 Å². The molecule has 0 unspecified atom stereocenters. The molecule has 2 atom stereocenters. The molecule has 0 aliphatic carbocycles. The number of carbonyl (C=O) groups is 1. The fraction of sp³-hybridized carbons (Fsp3) is 0.208. The Balaban J connectivity index is 1.97. The van der Waals surface area contributed by atoms with E-state index in [1.165, 1.54) is 4.46 Å². The van der Waals surface area contributed by atoms with Crippen LogP contribution in [0.4, 0.5) is 5.69 Å². The van der Waals surface area contributed by atoms with Crippen LogP contribution < -0.4 is 9.78 Å². The number of hydrogen-bond donors (Lipinski definition) is 1. The summed E-state index contributed by atoms with van der Waals surface area (Å²) in [4.78, 5) is 12.8. The third-order valence-corrected chi connectivity index (χ3v) is 6.80. The van der Waals surface area contributed by atoms with Gasteiger partial charge < -0.3 is 0 Å². The summed E-state index contributed by atoms with van der Waals surface area (Å²) in [5.74, 6) is -0.156. The number of ether oxygens (including phenoxy) is 1. The molecule has 0 amide bonds. The first-order valence-electron chi connectivity index (χ1n) is 9.42. The molecule has 3 aromatic rings. The third-order valence-electron chi connectivity index (χ3n) is 4.15. The molecule has 3 rings (SSSR count). The van der Waals surface area contributed by atoms with E-state index in [0.29, 0.717) is 0 Å². The molecular weight excluding hydrogens is 413 g/mol. The van der Waals surface area contributed by atoms with Crippen LogP contribution in [0.1, 0.15) is 25.5 Å². The van der Waals surface area contributed by atoms with E-state index in [-0.39, 0.29) is 37.9 Å². The van der Waals surface area contributed by atoms with Crippen molar-refractivity contribution in [3.63, 3.8) is 0 Å². The van der Waals surface area contributed by atoms with Crippen molar-refractivity contribution in [2.24, 2.45) is 0 Å². The average molecular weight is 438 g/mol. The van der Waals surface area contributed by atoms with Crippen LogP contribution in [0.5, 0.6) is 0 Å². The quantitative estimate of drug-likeness (QED) is 0.412. The van der Waals surface area contributed by atoms with Crippen LogP contribution in [0.2, 0.25) is 4.82 Å². The predicted octanol–water partition coefficient (Wildman–Crippen LogP) is 4.61. The summed E-state index contributed by atoms with van der Waals surface area (Å²) in [7, 11) is 0. The standard InChI is InChI=1S/C24H25NO2Se/c1-18(2)27-24(26)23(28-21-16-10-5-11-17-21)22(19-12-6-3-7-13-19)25-20-14-8-4-9-15-20/h3-18,22-23,25H,1-2H3/t22-,23+/m0/s1. The topological polar surface area (TPSA) is 38.3 Å². The van der Waals surface area contributed by atoms with Crippen LogP contribution in [0.15, 0.2) is 91.0 Å². The summed E-state index contributed by atoms with van der Waals surface area (Å²) in [6.07, 6.45) is -0.144. The van der Waals surface area contributed by atoms with Gasteiger partial charge in [0.15, 0.2) is 0 Å². The minimum atomic E-state index is -0.292. The summed E-state index contributed by atoms with van der Waals surface area (Å²) in [5.41, 5.74) is 2.07. The molecule has 4 heteroatoms. The van der Waals surface area contributed by atoms with E-state index < -0.39 is 0 Å². The SMILES string of the molecule is CC(C)OC(=O)[C@H]([Se]c1ccccc1)[C@@H](Nc1ccccc1)c1ccccc1. The van der Waals surface area contributed by atoms with Gasteiger partial charge in [-0.15, -0.1) is 0 Å². The molecular formula is C24H25NO2Se. The van der Waals surface area contributed by atoms with Gasteiger partial charge in [-0.2, -0.15) is 0 Å². The van der Waals surface area contributed by atoms with E-state index in [1.807, 2.05) is 80.6 Å². The number of hydrogen-bond acceptors (Lipinski definition) is 3. The van der Waals surface area contributed by atoms with Gasteiger partial charge in [0.2, 0.25) is 0 Å². The molecule has 144 valence electrons. The van der Waals surface area contributed by atoms with E-state index in [0.717, 1.165) is 11.3 Å². The van der Waals surface area contributed by atoms with Gasteiger partial charge in [0.1, 0.15) is 0 Å². The summed E-state index contributed by atoms with van der Waals surface area (Å²) in [5, 5.41) is 3.58. The van der Waals surface area contributed by atoms with Crippen molar-refractivity contribution in [2.75, 3.05) is 5.32 Å². The number of para-hydroxylation sites is 1. The van der Waals surface area contributed by atoms with E-state index in [1.54, 1.807) is 0 Å². The number of rotatable bonds is 8. The molecule has 0 fully saturated rings. The molecule has 0 saturated heterocycles. The molecule has 0 heterocycles. The van der Waals surface area contributed by atoms with E-state index in [2.05, 4.69) is 29.6 Å². The first-order chi connectivity index (χ1) is 13.6. The summed E-state index contributed by atoms with van der Waals surface area (Å²) >= 11 is -0.0878. The Morgan fingerprint density at radius 1 is 0.821 bits per heavy atom. The normalized spacial score (nSPS) is 13.0. The van der Waals surface area contributed by atoms with Gasteiger partial charge in [0.25, 0.3) is 0 Å². The zero-order chi connectivity index (χ0) is 19.8. The zero-order valence-corrected chi connectivity index (χ0v) is 17.8. The van der Waals surface area contributed by atoms with Gasteiger partial charge in [-0.25, -0.2) is 0 Å². The number of anilines is 1. The Labute approximate surface area is 173 Å². The van der Waals surface area contributed by atoms with Crippen molar-refractivity contribution >= 4 is 31.1 Å². The Bertz CT molecular complexity index is 854. The van der Waals surface area contributed by atoms with E-state index in [9.17, 15) is 4.79 Å². The van der Waals surface area contributed by atoms with E-state index in [4.69, 9.17) is 4.74 Å². The van der Waals surface area contributed by atoms with Crippen LogP contribution >= 0.6 is 0 Å². The van der Waals surface area contributed by atoms with Gasteiger partial charge in [-0.1, -0.05) is 0 Å². The van der Waals surface area contributed by atoms with Crippen LogP contribution in [0, 0.1) is 0 Å². The maximum atomic E-state index is 13.1. The van der Waals surface area contributed by atoms with Crippen molar-refractivity contribution in [1.82, 2.24) is 0 Å². The molecule has 3 aromatic carbocycles. The van der Waals surface area contributed by atoms with Crippen molar-refractivity contribution in [3.05, 3.63) is 96.6 Å². The maximum absolute atomic E-state index is 13.1. The molecule has 0 aliphatic rings. The number of esters is 1. The number of nitrogens with one attached hydrogen (secondary N) is 1. The summed E-state index contributed by atoms with van der Waals surface area (Å²) in [6, 6.07) is 30.2. The minimum absolute atomic E-state index is 0.0878. The Kier molecular flexibility index (Phi) is 7.30. The monoisotopic (exact) mass is 439 g/mol.